The monoisotopic (exact) mass is 515 g/mol. The van der Waals surface area contributed by atoms with Crippen molar-refractivity contribution < 1.29 is 14.7 Å². The number of hydrogen-bond donors (Lipinski definition) is 3. The SMILES string of the molecule is O=C(OCCN(Cc1ccccc1)Cc1ccc(NO)cc1)N1CCC(n2c(=O)[nH]c3ccccc32)CC1. The van der Waals surface area contributed by atoms with E-state index in [9.17, 15) is 9.59 Å². The van der Waals surface area contributed by atoms with Crippen LogP contribution in [0.15, 0.2) is 83.7 Å². The number of rotatable bonds is 9. The molecule has 0 radical (unpaired) electrons. The highest BCUT2D eigenvalue weighted by atomic mass is 16.6. The summed E-state index contributed by atoms with van der Waals surface area (Å²) >= 11 is 0. The molecule has 3 N–H and O–H groups in total. The predicted octanol–water partition coefficient (Wildman–Crippen LogP) is 4.61. The quantitative estimate of drug-likeness (QED) is 0.282. The average Bonchev–Trinajstić information content (AvgIpc) is 3.29. The third-order valence-electron chi connectivity index (χ3n) is 7.08. The van der Waals surface area contributed by atoms with Crippen LogP contribution in [0, 0.1) is 0 Å². The zero-order valence-electron chi connectivity index (χ0n) is 21.3. The van der Waals surface area contributed by atoms with E-state index in [-0.39, 0.29) is 24.4 Å². The molecule has 1 amide bonds. The summed E-state index contributed by atoms with van der Waals surface area (Å²) < 4.78 is 7.49. The standard InChI is InChI=1S/C29H33N5O4/c35-28-30-26-8-4-5-9-27(26)34(28)25-14-16-33(17-15-25)29(36)38-19-18-32(20-22-6-2-1-3-7-22)21-23-10-12-24(31-37)13-11-23/h1-13,25,31,37H,14-21H2,(H,30,35). The fourth-order valence-electron chi connectivity index (χ4n) is 5.10. The number of likely N-dealkylation sites (tertiary alicyclic amines) is 1. The molecule has 3 aromatic carbocycles. The number of carbonyl (C=O) groups excluding carboxylic acids is 1. The number of piperidine rings is 1. The van der Waals surface area contributed by atoms with Crippen LogP contribution < -0.4 is 11.2 Å². The molecule has 198 valence electrons. The maximum Gasteiger partial charge on any atom is 0.409 e. The molecule has 0 saturated carbocycles. The van der Waals surface area contributed by atoms with Crippen LogP contribution in [0.3, 0.4) is 0 Å². The molecule has 0 bridgehead atoms. The van der Waals surface area contributed by atoms with Gasteiger partial charge in [0.25, 0.3) is 0 Å². The summed E-state index contributed by atoms with van der Waals surface area (Å²) in [6.45, 7) is 3.38. The molecule has 5 rings (SSSR count). The van der Waals surface area contributed by atoms with Crippen LogP contribution in [-0.4, -0.2) is 56.9 Å². The second-order valence-electron chi connectivity index (χ2n) is 9.65. The summed E-state index contributed by atoms with van der Waals surface area (Å²) in [5.74, 6) is 0. The summed E-state index contributed by atoms with van der Waals surface area (Å²) in [6.07, 6.45) is 1.10. The molecule has 1 fully saturated rings. The molecule has 1 aliphatic heterocycles. The van der Waals surface area contributed by atoms with Gasteiger partial charge in [-0.2, -0.15) is 0 Å². The third kappa shape index (κ3) is 6.07. The van der Waals surface area contributed by atoms with Crippen molar-refractivity contribution in [2.45, 2.75) is 32.0 Å². The average molecular weight is 516 g/mol. The van der Waals surface area contributed by atoms with Crippen LogP contribution in [0.5, 0.6) is 0 Å². The highest BCUT2D eigenvalue weighted by molar-refractivity contribution is 5.75. The number of para-hydroxylation sites is 2. The van der Waals surface area contributed by atoms with Gasteiger partial charge >= 0.3 is 11.8 Å². The smallest absolute Gasteiger partial charge is 0.409 e. The van der Waals surface area contributed by atoms with Crippen LogP contribution in [0.4, 0.5) is 10.5 Å². The lowest BCUT2D eigenvalue weighted by Crippen LogP contribution is -2.41. The Kier molecular flexibility index (Phi) is 8.06. The summed E-state index contributed by atoms with van der Waals surface area (Å²) in [5.41, 5.74) is 6.70. The van der Waals surface area contributed by atoms with Crippen molar-refractivity contribution in [1.82, 2.24) is 19.4 Å². The van der Waals surface area contributed by atoms with E-state index < -0.39 is 0 Å². The number of aromatic amines is 1. The van der Waals surface area contributed by atoms with Gasteiger partial charge in [0.1, 0.15) is 6.61 Å². The minimum absolute atomic E-state index is 0.0523. The van der Waals surface area contributed by atoms with Crippen molar-refractivity contribution >= 4 is 22.8 Å². The predicted molar refractivity (Wildman–Crippen MR) is 146 cm³/mol. The number of nitrogens with zero attached hydrogens (tertiary/aromatic N) is 3. The van der Waals surface area contributed by atoms with Gasteiger partial charge in [-0.25, -0.2) is 9.59 Å². The van der Waals surface area contributed by atoms with E-state index in [1.165, 1.54) is 5.56 Å². The van der Waals surface area contributed by atoms with Crippen LogP contribution >= 0.6 is 0 Å². The van der Waals surface area contributed by atoms with Crippen molar-refractivity contribution in [2.24, 2.45) is 0 Å². The van der Waals surface area contributed by atoms with Crippen molar-refractivity contribution in [3.63, 3.8) is 0 Å². The Balaban J connectivity index is 1.15. The number of nitrogens with one attached hydrogen (secondary N) is 2. The van der Waals surface area contributed by atoms with Gasteiger partial charge in [0.2, 0.25) is 0 Å². The molecule has 0 spiro atoms. The Morgan fingerprint density at radius 3 is 2.32 bits per heavy atom. The minimum Gasteiger partial charge on any atom is -0.448 e. The molecule has 9 heteroatoms. The van der Waals surface area contributed by atoms with E-state index in [4.69, 9.17) is 9.94 Å². The Hall–Kier alpha value is -4.08. The number of H-pyrrole nitrogens is 1. The first-order valence-electron chi connectivity index (χ1n) is 13.0. The number of hydrogen-bond acceptors (Lipinski definition) is 6. The number of carbonyl (C=O) groups is 1. The molecule has 1 aromatic heterocycles. The molecule has 1 saturated heterocycles. The lowest BCUT2D eigenvalue weighted by molar-refractivity contribution is 0.0770. The van der Waals surface area contributed by atoms with Crippen LogP contribution in [0.1, 0.15) is 30.0 Å². The highest BCUT2D eigenvalue weighted by Crippen LogP contribution is 2.25. The van der Waals surface area contributed by atoms with Gasteiger partial charge in [0.05, 0.1) is 16.7 Å². The largest absolute Gasteiger partial charge is 0.448 e. The third-order valence-corrected chi connectivity index (χ3v) is 7.08. The minimum atomic E-state index is -0.312. The summed E-state index contributed by atoms with van der Waals surface area (Å²) in [6, 6.07) is 25.5. The van der Waals surface area contributed by atoms with E-state index in [2.05, 4.69) is 27.5 Å². The van der Waals surface area contributed by atoms with Crippen molar-refractivity contribution in [3.8, 4) is 0 Å². The Morgan fingerprint density at radius 1 is 0.947 bits per heavy atom. The van der Waals surface area contributed by atoms with E-state index >= 15 is 0 Å². The van der Waals surface area contributed by atoms with Gasteiger partial charge in [0, 0.05) is 38.8 Å². The second kappa shape index (κ2) is 12.0. The number of imidazole rings is 1. The molecular formula is C29H33N5O4. The number of anilines is 1. The fraction of sp³-hybridized carbons (Fsp3) is 0.310. The zero-order valence-corrected chi connectivity index (χ0v) is 21.3. The maximum atomic E-state index is 12.8. The second-order valence-corrected chi connectivity index (χ2v) is 9.65. The van der Waals surface area contributed by atoms with Gasteiger partial charge in [-0.05, 0) is 48.2 Å². The molecule has 1 aliphatic rings. The highest BCUT2D eigenvalue weighted by Gasteiger charge is 2.27. The summed E-state index contributed by atoms with van der Waals surface area (Å²) in [7, 11) is 0. The van der Waals surface area contributed by atoms with Crippen molar-refractivity contribution in [3.05, 3.63) is 100 Å². The molecule has 0 atom stereocenters. The van der Waals surface area contributed by atoms with Gasteiger partial charge in [0.15, 0.2) is 0 Å². The first-order chi connectivity index (χ1) is 18.6. The van der Waals surface area contributed by atoms with Crippen LogP contribution in [0.2, 0.25) is 0 Å². The molecule has 0 unspecified atom stereocenters. The Bertz CT molecular complexity index is 1390. The summed E-state index contributed by atoms with van der Waals surface area (Å²) in [5, 5.41) is 9.07. The fourth-order valence-corrected chi connectivity index (χ4v) is 5.10. The van der Waals surface area contributed by atoms with E-state index in [1.807, 2.05) is 71.3 Å². The number of benzene rings is 3. The topological polar surface area (TPSA) is 103 Å². The van der Waals surface area contributed by atoms with Gasteiger partial charge in [-0.3, -0.25) is 20.2 Å². The Labute approximate surface area is 221 Å². The first kappa shape index (κ1) is 25.6. The maximum absolute atomic E-state index is 12.8. The van der Waals surface area contributed by atoms with Crippen molar-refractivity contribution in [1.29, 1.82) is 0 Å². The van der Waals surface area contributed by atoms with E-state index in [0.29, 0.717) is 44.7 Å². The normalized spacial score (nSPS) is 14.2. The molecule has 2 heterocycles. The summed E-state index contributed by atoms with van der Waals surface area (Å²) in [4.78, 5) is 32.2. The molecular weight excluding hydrogens is 482 g/mol. The molecule has 38 heavy (non-hydrogen) atoms. The Morgan fingerprint density at radius 2 is 1.61 bits per heavy atom. The van der Waals surface area contributed by atoms with Gasteiger partial charge < -0.3 is 14.6 Å². The van der Waals surface area contributed by atoms with E-state index in [0.717, 1.165) is 23.1 Å². The first-order valence-corrected chi connectivity index (χ1v) is 13.0. The zero-order chi connectivity index (χ0) is 26.3. The van der Waals surface area contributed by atoms with Gasteiger partial charge in [-0.1, -0.05) is 54.6 Å². The lowest BCUT2D eigenvalue weighted by Gasteiger charge is -2.32. The molecule has 4 aromatic rings. The number of aromatic nitrogens is 2. The lowest BCUT2D eigenvalue weighted by atomic mass is 10.0. The van der Waals surface area contributed by atoms with Crippen LogP contribution in [0.25, 0.3) is 11.0 Å². The van der Waals surface area contributed by atoms with E-state index in [1.54, 1.807) is 4.90 Å². The molecule has 9 nitrogen and oxygen atoms in total. The van der Waals surface area contributed by atoms with Crippen LogP contribution in [-0.2, 0) is 17.8 Å². The number of fused-ring (bicyclic) bond motifs is 1. The number of amides is 1. The molecule has 0 aliphatic carbocycles. The number of ether oxygens (including phenoxy) is 1. The van der Waals surface area contributed by atoms with Gasteiger partial charge in [-0.15, -0.1) is 0 Å². The van der Waals surface area contributed by atoms with Crippen molar-refractivity contribution in [2.75, 3.05) is 31.7 Å².